The summed E-state index contributed by atoms with van der Waals surface area (Å²) in [6.45, 7) is 1.26. The number of rotatable bonds is 6. The first-order valence-corrected chi connectivity index (χ1v) is 9.15. The molecule has 4 aromatic rings. The number of benzene rings is 2. The van der Waals surface area contributed by atoms with Crippen molar-refractivity contribution in [1.29, 1.82) is 0 Å². The Kier molecular flexibility index (Phi) is 5.33. The molecule has 2 N–H and O–H groups in total. The molecule has 0 saturated carbocycles. The van der Waals surface area contributed by atoms with E-state index in [4.69, 9.17) is 4.74 Å². The molecule has 0 spiro atoms. The highest BCUT2D eigenvalue weighted by Crippen LogP contribution is 2.21. The summed E-state index contributed by atoms with van der Waals surface area (Å²) in [6, 6.07) is 17.9. The van der Waals surface area contributed by atoms with Gasteiger partial charge in [0.1, 0.15) is 12.1 Å². The van der Waals surface area contributed by atoms with Crippen molar-refractivity contribution in [3.63, 3.8) is 0 Å². The van der Waals surface area contributed by atoms with Crippen LogP contribution in [0.15, 0.2) is 67.0 Å². The van der Waals surface area contributed by atoms with Gasteiger partial charge >= 0.3 is 0 Å². The molecule has 0 radical (unpaired) electrons. The second-order valence-corrected chi connectivity index (χ2v) is 6.48. The van der Waals surface area contributed by atoms with E-state index in [0.717, 1.165) is 11.3 Å². The van der Waals surface area contributed by atoms with E-state index in [1.54, 1.807) is 34.8 Å². The number of hydrogen-bond acceptors (Lipinski definition) is 6. The molecule has 0 aliphatic carbocycles. The number of anilines is 2. The minimum absolute atomic E-state index is 0.168. The van der Waals surface area contributed by atoms with Crippen LogP contribution in [0.2, 0.25) is 0 Å². The predicted octanol–water partition coefficient (Wildman–Crippen LogP) is 2.77. The van der Waals surface area contributed by atoms with Crippen LogP contribution in [0.5, 0.6) is 5.75 Å². The third-order valence-corrected chi connectivity index (χ3v) is 4.13. The van der Waals surface area contributed by atoms with Crippen molar-refractivity contribution in [3.8, 4) is 17.0 Å². The second-order valence-electron chi connectivity index (χ2n) is 6.48. The number of ether oxygens (including phenoxy) is 1. The summed E-state index contributed by atoms with van der Waals surface area (Å²) >= 11 is 0. The molecule has 2 heterocycles. The van der Waals surface area contributed by atoms with Gasteiger partial charge in [0.25, 0.3) is 5.91 Å². The lowest BCUT2D eigenvalue weighted by atomic mass is 10.1. The molecular formula is C21H18N6O3. The average molecular weight is 402 g/mol. The van der Waals surface area contributed by atoms with Crippen molar-refractivity contribution in [1.82, 2.24) is 19.8 Å². The Morgan fingerprint density at radius 1 is 1.00 bits per heavy atom. The standard InChI is InChI=1S/C21H18N6O3/c1-14(28)23-17-6-3-7-18(11-17)30-12-21(29)24-16-5-2-4-15(10-16)19-8-9-20-25-22-13-27(20)26-19/h2-11,13H,12H2,1H3,(H,23,28)(H,24,29). The van der Waals surface area contributed by atoms with Gasteiger partial charge in [-0.05, 0) is 36.4 Å². The SMILES string of the molecule is CC(=O)Nc1cccc(OCC(=O)Nc2cccc(-c3ccc4nncn4n3)c2)c1. The number of nitrogens with one attached hydrogen (secondary N) is 2. The van der Waals surface area contributed by atoms with Crippen LogP contribution in [-0.4, -0.2) is 38.2 Å². The fraction of sp³-hybridized carbons (Fsp3) is 0.0952. The van der Waals surface area contributed by atoms with Crippen LogP contribution in [0.25, 0.3) is 16.9 Å². The maximum Gasteiger partial charge on any atom is 0.262 e. The lowest BCUT2D eigenvalue weighted by molar-refractivity contribution is -0.118. The molecule has 2 aromatic heterocycles. The molecule has 0 bridgehead atoms. The highest BCUT2D eigenvalue weighted by molar-refractivity contribution is 5.92. The van der Waals surface area contributed by atoms with Crippen LogP contribution in [0.3, 0.4) is 0 Å². The van der Waals surface area contributed by atoms with E-state index < -0.39 is 0 Å². The summed E-state index contributed by atoms with van der Waals surface area (Å²) in [7, 11) is 0. The van der Waals surface area contributed by atoms with Gasteiger partial charge in [0.2, 0.25) is 5.91 Å². The number of carbonyl (C=O) groups is 2. The highest BCUT2D eigenvalue weighted by Gasteiger charge is 2.08. The van der Waals surface area contributed by atoms with Crippen LogP contribution in [0, 0.1) is 0 Å². The Morgan fingerprint density at radius 3 is 2.63 bits per heavy atom. The minimum Gasteiger partial charge on any atom is -0.484 e. The molecule has 0 unspecified atom stereocenters. The summed E-state index contributed by atoms with van der Waals surface area (Å²) in [5, 5.41) is 17.7. The maximum atomic E-state index is 12.3. The van der Waals surface area contributed by atoms with E-state index >= 15 is 0 Å². The Bertz CT molecular complexity index is 1220. The van der Waals surface area contributed by atoms with Crippen molar-refractivity contribution < 1.29 is 14.3 Å². The summed E-state index contributed by atoms with van der Waals surface area (Å²) in [4.78, 5) is 23.4. The molecule has 0 aliphatic heterocycles. The van der Waals surface area contributed by atoms with Crippen molar-refractivity contribution in [2.75, 3.05) is 17.2 Å². The first kappa shape index (κ1) is 19.1. The zero-order valence-electron chi connectivity index (χ0n) is 16.1. The van der Waals surface area contributed by atoms with Crippen molar-refractivity contribution in [3.05, 3.63) is 67.0 Å². The first-order valence-electron chi connectivity index (χ1n) is 9.15. The molecule has 0 aliphatic rings. The Balaban J connectivity index is 1.40. The summed E-state index contributed by atoms with van der Waals surface area (Å²) in [5.41, 5.74) is 3.45. The largest absolute Gasteiger partial charge is 0.484 e. The van der Waals surface area contributed by atoms with Gasteiger partial charge in [0, 0.05) is 29.9 Å². The fourth-order valence-corrected chi connectivity index (χ4v) is 2.85. The normalized spacial score (nSPS) is 10.6. The minimum atomic E-state index is -0.306. The van der Waals surface area contributed by atoms with Crippen LogP contribution < -0.4 is 15.4 Å². The zero-order valence-corrected chi connectivity index (χ0v) is 16.1. The number of fused-ring (bicyclic) bond motifs is 1. The Hall–Kier alpha value is -4.27. The summed E-state index contributed by atoms with van der Waals surface area (Å²) in [6.07, 6.45) is 1.53. The number of hydrogen-bond donors (Lipinski definition) is 2. The van der Waals surface area contributed by atoms with Gasteiger partial charge in [-0.1, -0.05) is 18.2 Å². The van der Waals surface area contributed by atoms with Gasteiger partial charge in [-0.15, -0.1) is 10.2 Å². The molecule has 30 heavy (non-hydrogen) atoms. The monoisotopic (exact) mass is 402 g/mol. The van der Waals surface area contributed by atoms with Crippen molar-refractivity contribution in [2.24, 2.45) is 0 Å². The Labute approximate surface area is 171 Å². The van der Waals surface area contributed by atoms with Gasteiger partial charge in [-0.3, -0.25) is 9.59 Å². The van der Waals surface area contributed by atoms with Crippen LogP contribution in [0.1, 0.15) is 6.92 Å². The van der Waals surface area contributed by atoms with Crippen molar-refractivity contribution in [2.45, 2.75) is 6.92 Å². The molecule has 0 saturated heterocycles. The maximum absolute atomic E-state index is 12.3. The number of nitrogens with zero attached hydrogens (tertiary/aromatic N) is 4. The zero-order chi connectivity index (χ0) is 20.9. The molecule has 0 atom stereocenters. The molecule has 0 fully saturated rings. The van der Waals surface area contributed by atoms with E-state index in [2.05, 4.69) is 25.9 Å². The van der Waals surface area contributed by atoms with E-state index in [0.29, 0.717) is 22.8 Å². The lowest BCUT2D eigenvalue weighted by Gasteiger charge is -2.10. The number of amides is 2. The summed E-state index contributed by atoms with van der Waals surface area (Å²) in [5.74, 6) is -0.00129. The van der Waals surface area contributed by atoms with E-state index in [1.807, 2.05) is 30.3 Å². The van der Waals surface area contributed by atoms with Crippen LogP contribution in [0.4, 0.5) is 11.4 Å². The van der Waals surface area contributed by atoms with E-state index in [9.17, 15) is 9.59 Å². The highest BCUT2D eigenvalue weighted by atomic mass is 16.5. The third-order valence-electron chi connectivity index (χ3n) is 4.13. The fourth-order valence-electron chi connectivity index (χ4n) is 2.85. The van der Waals surface area contributed by atoms with Crippen molar-refractivity contribution >= 4 is 28.8 Å². The predicted molar refractivity (Wildman–Crippen MR) is 111 cm³/mol. The van der Waals surface area contributed by atoms with Crippen LogP contribution in [-0.2, 0) is 9.59 Å². The number of aromatic nitrogens is 4. The van der Waals surface area contributed by atoms with Crippen LogP contribution >= 0.6 is 0 Å². The molecule has 2 aromatic carbocycles. The van der Waals surface area contributed by atoms with E-state index in [1.165, 1.54) is 13.3 Å². The van der Waals surface area contributed by atoms with Gasteiger partial charge in [0.05, 0.1) is 5.69 Å². The first-order chi connectivity index (χ1) is 14.6. The van der Waals surface area contributed by atoms with Gasteiger partial charge < -0.3 is 15.4 Å². The smallest absolute Gasteiger partial charge is 0.262 e. The van der Waals surface area contributed by atoms with E-state index in [-0.39, 0.29) is 18.4 Å². The van der Waals surface area contributed by atoms with Gasteiger partial charge in [-0.25, -0.2) is 0 Å². The molecule has 9 nitrogen and oxygen atoms in total. The topological polar surface area (TPSA) is 111 Å². The average Bonchev–Trinajstić information content (AvgIpc) is 3.20. The van der Waals surface area contributed by atoms with Gasteiger partial charge in [0.15, 0.2) is 12.3 Å². The lowest BCUT2D eigenvalue weighted by Crippen LogP contribution is -2.20. The number of carbonyl (C=O) groups excluding carboxylic acids is 2. The Morgan fingerprint density at radius 2 is 1.80 bits per heavy atom. The molecular weight excluding hydrogens is 384 g/mol. The molecule has 9 heteroatoms. The molecule has 2 amide bonds. The quantitative estimate of drug-likeness (QED) is 0.513. The van der Waals surface area contributed by atoms with Gasteiger partial charge in [-0.2, -0.15) is 9.61 Å². The molecule has 150 valence electrons. The summed E-state index contributed by atoms with van der Waals surface area (Å²) < 4.78 is 7.11. The second kappa shape index (κ2) is 8.39. The third kappa shape index (κ3) is 4.58. The molecule has 4 rings (SSSR count).